The molecule has 1 heterocycles. The van der Waals surface area contributed by atoms with Gasteiger partial charge in [-0.15, -0.1) is 0 Å². The van der Waals surface area contributed by atoms with Crippen molar-refractivity contribution in [2.24, 2.45) is 0 Å². The summed E-state index contributed by atoms with van der Waals surface area (Å²) in [5.74, 6) is -1.28. The van der Waals surface area contributed by atoms with Crippen LogP contribution >= 0.6 is 0 Å². The number of rotatable bonds is 6. The lowest BCUT2D eigenvalue weighted by Crippen LogP contribution is -2.51. The predicted molar refractivity (Wildman–Crippen MR) is 112 cm³/mol. The van der Waals surface area contributed by atoms with Crippen molar-refractivity contribution in [1.82, 2.24) is 9.62 Å². The summed E-state index contributed by atoms with van der Waals surface area (Å²) in [7, 11) is -3.45. The van der Waals surface area contributed by atoms with E-state index in [1.54, 1.807) is 24.3 Å². The Kier molecular flexibility index (Phi) is 6.84. The van der Waals surface area contributed by atoms with E-state index < -0.39 is 27.8 Å². The number of amides is 2. The monoisotopic (exact) mass is 433 g/mol. The first-order chi connectivity index (χ1) is 14.2. The van der Waals surface area contributed by atoms with Crippen LogP contribution in [0.25, 0.3) is 0 Å². The smallest absolute Gasteiger partial charge is 0.255 e. The Morgan fingerprint density at radius 1 is 1.13 bits per heavy atom. The second kappa shape index (κ2) is 9.36. The summed E-state index contributed by atoms with van der Waals surface area (Å²) in [5.41, 5.74) is 1.44. The van der Waals surface area contributed by atoms with Gasteiger partial charge in [-0.3, -0.25) is 9.59 Å². The summed E-state index contributed by atoms with van der Waals surface area (Å²) < 4.78 is 38.4. The topological polar surface area (TPSA) is 95.6 Å². The third-order valence-electron chi connectivity index (χ3n) is 4.92. The zero-order valence-electron chi connectivity index (χ0n) is 16.6. The largest absolute Gasteiger partial charge is 0.351 e. The minimum Gasteiger partial charge on any atom is -0.351 e. The SMILES string of the molecule is CS(=O)(=O)N1CCCCC1C(=O)NCc1cccc(NC(=O)c2cccc(F)c2)c1. The molecule has 2 N–H and O–H groups in total. The molecule has 0 saturated carbocycles. The summed E-state index contributed by atoms with van der Waals surface area (Å²) in [6.07, 6.45) is 3.14. The normalized spacial score (nSPS) is 17.3. The fourth-order valence-electron chi connectivity index (χ4n) is 3.46. The van der Waals surface area contributed by atoms with E-state index in [9.17, 15) is 22.4 Å². The summed E-state index contributed by atoms with van der Waals surface area (Å²) >= 11 is 0. The zero-order valence-corrected chi connectivity index (χ0v) is 17.4. The van der Waals surface area contributed by atoms with Gasteiger partial charge in [-0.1, -0.05) is 24.6 Å². The van der Waals surface area contributed by atoms with E-state index in [0.717, 1.165) is 30.7 Å². The number of anilines is 1. The first-order valence-corrected chi connectivity index (χ1v) is 11.5. The van der Waals surface area contributed by atoms with E-state index in [1.165, 1.54) is 22.5 Å². The molecule has 1 saturated heterocycles. The molecule has 2 aromatic rings. The van der Waals surface area contributed by atoms with Crippen molar-refractivity contribution in [3.63, 3.8) is 0 Å². The van der Waals surface area contributed by atoms with Crippen molar-refractivity contribution in [3.05, 3.63) is 65.5 Å². The van der Waals surface area contributed by atoms with Crippen molar-refractivity contribution in [2.75, 3.05) is 18.1 Å². The van der Waals surface area contributed by atoms with Crippen LogP contribution in [0.15, 0.2) is 48.5 Å². The van der Waals surface area contributed by atoms with Crippen LogP contribution in [0.5, 0.6) is 0 Å². The van der Waals surface area contributed by atoms with Crippen LogP contribution in [0.1, 0.15) is 35.2 Å². The first kappa shape index (κ1) is 21.9. The van der Waals surface area contributed by atoms with Gasteiger partial charge in [0.2, 0.25) is 15.9 Å². The van der Waals surface area contributed by atoms with Crippen molar-refractivity contribution >= 4 is 27.5 Å². The Bertz CT molecular complexity index is 1040. The second-order valence-corrected chi connectivity index (χ2v) is 9.20. The van der Waals surface area contributed by atoms with Crippen LogP contribution in [0.4, 0.5) is 10.1 Å². The molecule has 7 nitrogen and oxygen atoms in total. The summed E-state index contributed by atoms with van der Waals surface area (Å²) in [6, 6.07) is 11.6. The van der Waals surface area contributed by atoms with Crippen LogP contribution < -0.4 is 10.6 Å². The zero-order chi connectivity index (χ0) is 21.7. The lowest BCUT2D eigenvalue weighted by Gasteiger charge is -2.32. The maximum Gasteiger partial charge on any atom is 0.255 e. The van der Waals surface area contributed by atoms with Gasteiger partial charge in [0, 0.05) is 24.3 Å². The molecule has 30 heavy (non-hydrogen) atoms. The van der Waals surface area contributed by atoms with Gasteiger partial charge in [0.15, 0.2) is 0 Å². The third kappa shape index (κ3) is 5.64. The number of hydrogen-bond donors (Lipinski definition) is 2. The fraction of sp³-hybridized carbons (Fsp3) is 0.333. The molecule has 1 fully saturated rings. The molecule has 1 aliphatic heterocycles. The number of carbonyl (C=O) groups excluding carboxylic acids is 2. The number of piperidine rings is 1. The molecule has 0 spiro atoms. The molecule has 2 aromatic carbocycles. The maximum absolute atomic E-state index is 13.3. The van der Waals surface area contributed by atoms with Crippen molar-refractivity contribution < 1.29 is 22.4 Å². The number of nitrogens with one attached hydrogen (secondary N) is 2. The Balaban J connectivity index is 1.62. The van der Waals surface area contributed by atoms with Gasteiger partial charge in [0.1, 0.15) is 11.9 Å². The van der Waals surface area contributed by atoms with Gasteiger partial charge in [0.25, 0.3) is 5.91 Å². The molecule has 1 unspecified atom stereocenters. The maximum atomic E-state index is 13.3. The summed E-state index contributed by atoms with van der Waals surface area (Å²) in [5, 5.41) is 5.48. The van der Waals surface area contributed by atoms with Crippen molar-refractivity contribution in [2.45, 2.75) is 31.8 Å². The predicted octanol–water partition coefficient (Wildman–Crippen LogP) is 2.51. The van der Waals surface area contributed by atoms with Crippen LogP contribution in [0.2, 0.25) is 0 Å². The van der Waals surface area contributed by atoms with Crippen LogP contribution in [0, 0.1) is 5.82 Å². The van der Waals surface area contributed by atoms with E-state index in [2.05, 4.69) is 10.6 Å². The highest BCUT2D eigenvalue weighted by Crippen LogP contribution is 2.20. The van der Waals surface area contributed by atoms with Crippen molar-refractivity contribution in [1.29, 1.82) is 0 Å². The highest BCUT2D eigenvalue weighted by Gasteiger charge is 2.34. The molecule has 160 valence electrons. The summed E-state index contributed by atoms with van der Waals surface area (Å²) in [4.78, 5) is 24.9. The van der Waals surface area contributed by atoms with Gasteiger partial charge >= 0.3 is 0 Å². The molecule has 2 amide bonds. The number of nitrogens with zero attached hydrogens (tertiary/aromatic N) is 1. The number of hydrogen-bond acceptors (Lipinski definition) is 4. The molecular formula is C21H24FN3O4S. The number of benzene rings is 2. The Hall–Kier alpha value is -2.78. The molecule has 9 heteroatoms. The van der Waals surface area contributed by atoms with Crippen LogP contribution in [0.3, 0.4) is 0 Å². The van der Waals surface area contributed by atoms with Gasteiger partial charge in [-0.25, -0.2) is 12.8 Å². The molecule has 0 aliphatic carbocycles. The molecule has 0 bridgehead atoms. The minimum atomic E-state index is -3.45. The van der Waals surface area contributed by atoms with Crippen LogP contribution in [-0.2, 0) is 21.4 Å². The number of sulfonamides is 1. The van der Waals surface area contributed by atoms with E-state index in [-0.39, 0.29) is 18.0 Å². The standard InChI is InChI=1S/C21H24FN3O4S/c1-30(28,29)25-11-3-2-10-19(25)21(27)23-14-15-6-4-9-18(12-15)24-20(26)16-7-5-8-17(22)13-16/h4-9,12-13,19H,2-3,10-11,14H2,1H3,(H,23,27)(H,24,26). The van der Waals surface area contributed by atoms with E-state index >= 15 is 0 Å². The lowest BCUT2D eigenvalue weighted by atomic mass is 10.0. The highest BCUT2D eigenvalue weighted by atomic mass is 32.2. The Morgan fingerprint density at radius 3 is 2.63 bits per heavy atom. The molecule has 1 atom stereocenters. The molecular weight excluding hydrogens is 409 g/mol. The molecule has 3 rings (SSSR count). The fourth-order valence-corrected chi connectivity index (χ4v) is 4.59. The van der Waals surface area contributed by atoms with Gasteiger partial charge in [0.05, 0.1) is 6.26 Å². The highest BCUT2D eigenvalue weighted by molar-refractivity contribution is 7.88. The Morgan fingerprint density at radius 2 is 1.90 bits per heavy atom. The van der Waals surface area contributed by atoms with E-state index in [0.29, 0.717) is 18.7 Å². The van der Waals surface area contributed by atoms with Gasteiger partial charge in [-0.2, -0.15) is 4.31 Å². The van der Waals surface area contributed by atoms with Gasteiger partial charge < -0.3 is 10.6 Å². The summed E-state index contributed by atoms with van der Waals surface area (Å²) in [6.45, 7) is 0.537. The first-order valence-electron chi connectivity index (χ1n) is 9.64. The van der Waals surface area contributed by atoms with Crippen LogP contribution in [-0.4, -0.2) is 43.4 Å². The average molecular weight is 434 g/mol. The third-order valence-corrected chi connectivity index (χ3v) is 6.21. The molecule has 0 aromatic heterocycles. The van der Waals surface area contributed by atoms with E-state index in [1.807, 2.05) is 0 Å². The Labute approximate surface area is 175 Å². The number of carbonyl (C=O) groups is 2. The second-order valence-electron chi connectivity index (χ2n) is 7.27. The average Bonchev–Trinajstić information content (AvgIpc) is 2.71. The number of halogens is 1. The van der Waals surface area contributed by atoms with Crippen molar-refractivity contribution in [3.8, 4) is 0 Å². The van der Waals surface area contributed by atoms with E-state index in [4.69, 9.17) is 0 Å². The lowest BCUT2D eigenvalue weighted by molar-refractivity contribution is -0.125. The minimum absolute atomic E-state index is 0.191. The quantitative estimate of drug-likeness (QED) is 0.732. The molecule has 1 aliphatic rings. The van der Waals surface area contributed by atoms with Gasteiger partial charge in [-0.05, 0) is 48.7 Å². The molecule has 0 radical (unpaired) electrons.